The summed E-state index contributed by atoms with van der Waals surface area (Å²) in [6.45, 7) is 0. The summed E-state index contributed by atoms with van der Waals surface area (Å²) in [6, 6.07) is 6.74. The van der Waals surface area contributed by atoms with Crippen LogP contribution in [0, 0.1) is 11.6 Å². The summed E-state index contributed by atoms with van der Waals surface area (Å²) in [7, 11) is 0. The van der Waals surface area contributed by atoms with E-state index in [0.29, 0.717) is 20.6 Å². The number of rotatable bonds is 2. The van der Waals surface area contributed by atoms with Crippen molar-refractivity contribution in [3.8, 4) is 0 Å². The van der Waals surface area contributed by atoms with E-state index in [9.17, 15) is 13.6 Å². The molecule has 2 aromatic rings. The summed E-state index contributed by atoms with van der Waals surface area (Å²) in [5, 5.41) is 2.41. The summed E-state index contributed by atoms with van der Waals surface area (Å²) in [5.41, 5.74) is 0.231. The second-order valence-corrected chi connectivity index (χ2v) is 6.54. The number of halogens is 5. The number of anilines is 1. The standard InChI is InChI=1S/C13H6Br3F2NO/c14-7-1-6(2-8(15)3-7)13(20)19-12-10(16)4-9(17)5-11(12)18/h1-5H,(H,19,20). The van der Waals surface area contributed by atoms with Gasteiger partial charge in [0.15, 0.2) is 5.82 Å². The van der Waals surface area contributed by atoms with Crippen LogP contribution in [0.25, 0.3) is 0 Å². The van der Waals surface area contributed by atoms with E-state index in [1.165, 1.54) is 0 Å². The SMILES string of the molecule is O=C(Nc1c(F)cc(F)cc1Br)c1cc(Br)cc(Br)c1. The summed E-state index contributed by atoms with van der Waals surface area (Å²) in [5.74, 6) is -2.07. The quantitative estimate of drug-likeness (QED) is 0.618. The molecule has 7 heteroatoms. The van der Waals surface area contributed by atoms with Gasteiger partial charge in [0, 0.05) is 25.0 Å². The van der Waals surface area contributed by atoms with Gasteiger partial charge in [-0.25, -0.2) is 8.78 Å². The van der Waals surface area contributed by atoms with Crippen molar-refractivity contribution in [1.29, 1.82) is 0 Å². The molecule has 0 heterocycles. The number of carbonyl (C=O) groups excluding carboxylic acids is 1. The van der Waals surface area contributed by atoms with Crippen LogP contribution in [0.3, 0.4) is 0 Å². The fraction of sp³-hybridized carbons (Fsp3) is 0. The van der Waals surface area contributed by atoms with Crippen molar-refractivity contribution in [1.82, 2.24) is 0 Å². The Morgan fingerprint density at radius 1 is 0.950 bits per heavy atom. The molecule has 1 N–H and O–H groups in total. The van der Waals surface area contributed by atoms with Gasteiger partial charge < -0.3 is 5.32 Å². The minimum atomic E-state index is -0.848. The van der Waals surface area contributed by atoms with E-state index in [0.717, 1.165) is 6.07 Å². The number of hydrogen-bond donors (Lipinski definition) is 1. The third-order valence-corrected chi connectivity index (χ3v) is 3.91. The molecule has 0 aromatic heterocycles. The Morgan fingerprint density at radius 2 is 1.55 bits per heavy atom. The molecular weight excluding hydrogens is 464 g/mol. The number of hydrogen-bond acceptors (Lipinski definition) is 1. The highest BCUT2D eigenvalue weighted by Crippen LogP contribution is 2.28. The van der Waals surface area contributed by atoms with Crippen molar-refractivity contribution in [3.63, 3.8) is 0 Å². The van der Waals surface area contributed by atoms with Crippen LogP contribution in [0.2, 0.25) is 0 Å². The molecule has 0 radical (unpaired) electrons. The molecule has 2 aromatic carbocycles. The van der Waals surface area contributed by atoms with Crippen LogP contribution in [-0.4, -0.2) is 5.91 Å². The van der Waals surface area contributed by atoms with Crippen LogP contribution in [0.4, 0.5) is 14.5 Å². The van der Waals surface area contributed by atoms with Crippen LogP contribution in [-0.2, 0) is 0 Å². The van der Waals surface area contributed by atoms with Gasteiger partial charge in [-0.3, -0.25) is 4.79 Å². The van der Waals surface area contributed by atoms with Crippen LogP contribution in [0.1, 0.15) is 10.4 Å². The Hall–Kier alpha value is -0.790. The molecule has 0 saturated carbocycles. The summed E-state index contributed by atoms with van der Waals surface area (Å²) < 4.78 is 28.2. The third kappa shape index (κ3) is 3.65. The molecule has 0 aliphatic heterocycles. The van der Waals surface area contributed by atoms with Gasteiger partial charge in [-0.05, 0) is 40.2 Å². The van der Waals surface area contributed by atoms with E-state index in [2.05, 4.69) is 53.1 Å². The van der Waals surface area contributed by atoms with Gasteiger partial charge >= 0.3 is 0 Å². The average Bonchev–Trinajstić information content (AvgIpc) is 2.32. The van der Waals surface area contributed by atoms with Gasteiger partial charge in [0.2, 0.25) is 0 Å². The first-order valence-electron chi connectivity index (χ1n) is 5.29. The van der Waals surface area contributed by atoms with E-state index in [4.69, 9.17) is 0 Å². The average molecular weight is 470 g/mol. The zero-order chi connectivity index (χ0) is 14.9. The maximum absolute atomic E-state index is 13.6. The molecule has 104 valence electrons. The predicted molar refractivity (Wildman–Crippen MR) is 83.9 cm³/mol. The predicted octanol–water partition coefficient (Wildman–Crippen LogP) is 5.50. The fourth-order valence-corrected chi connectivity index (χ4v) is 3.33. The molecule has 2 rings (SSSR count). The van der Waals surface area contributed by atoms with Gasteiger partial charge in [-0.2, -0.15) is 0 Å². The lowest BCUT2D eigenvalue weighted by Gasteiger charge is -2.09. The van der Waals surface area contributed by atoms with Crippen LogP contribution >= 0.6 is 47.8 Å². The number of carbonyl (C=O) groups is 1. The Kier molecular flexibility index (Phi) is 4.93. The minimum absolute atomic E-state index is 0.104. The lowest BCUT2D eigenvalue weighted by atomic mass is 10.2. The zero-order valence-corrected chi connectivity index (χ0v) is 14.4. The molecule has 0 unspecified atom stereocenters. The maximum Gasteiger partial charge on any atom is 0.255 e. The van der Waals surface area contributed by atoms with Gasteiger partial charge in [-0.15, -0.1) is 0 Å². The number of amides is 1. The molecular formula is C13H6Br3F2NO. The second kappa shape index (κ2) is 6.32. The van der Waals surface area contributed by atoms with Gasteiger partial charge in [0.05, 0.1) is 5.69 Å². The highest BCUT2D eigenvalue weighted by atomic mass is 79.9. The van der Waals surface area contributed by atoms with Crippen molar-refractivity contribution in [2.24, 2.45) is 0 Å². The normalized spacial score (nSPS) is 10.4. The van der Waals surface area contributed by atoms with Crippen molar-refractivity contribution in [2.45, 2.75) is 0 Å². The number of benzene rings is 2. The first-order chi connectivity index (χ1) is 9.36. The maximum atomic E-state index is 13.6. The van der Waals surface area contributed by atoms with Crippen LogP contribution in [0.5, 0.6) is 0 Å². The van der Waals surface area contributed by atoms with Crippen molar-refractivity contribution in [2.75, 3.05) is 5.32 Å². The monoisotopic (exact) mass is 467 g/mol. The molecule has 0 aliphatic carbocycles. The molecule has 0 spiro atoms. The third-order valence-electron chi connectivity index (χ3n) is 2.37. The van der Waals surface area contributed by atoms with E-state index in [-0.39, 0.29) is 10.2 Å². The lowest BCUT2D eigenvalue weighted by molar-refractivity contribution is 0.102. The first kappa shape index (κ1) is 15.6. The van der Waals surface area contributed by atoms with Gasteiger partial charge in [0.25, 0.3) is 5.91 Å². The zero-order valence-electron chi connectivity index (χ0n) is 9.68. The molecule has 0 bridgehead atoms. The Morgan fingerprint density at radius 3 is 2.10 bits per heavy atom. The molecule has 0 saturated heterocycles. The molecule has 0 aliphatic rings. The molecule has 0 atom stereocenters. The van der Waals surface area contributed by atoms with E-state index in [1.807, 2.05) is 0 Å². The van der Waals surface area contributed by atoms with Gasteiger partial charge in [-0.1, -0.05) is 31.9 Å². The van der Waals surface area contributed by atoms with Crippen LogP contribution < -0.4 is 5.32 Å². The molecule has 0 fully saturated rings. The molecule has 20 heavy (non-hydrogen) atoms. The second-order valence-electron chi connectivity index (χ2n) is 3.86. The Bertz CT molecular complexity index is 648. The summed E-state index contributed by atoms with van der Waals surface area (Å²) >= 11 is 9.54. The fourth-order valence-electron chi connectivity index (χ4n) is 1.53. The topological polar surface area (TPSA) is 29.1 Å². The Balaban J connectivity index is 2.32. The van der Waals surface area contributed by atoms with E-state index >= 15 is 0 Å². The largest absolute Gasteiger partial charge is 0.319 e. The lowest BCUT2D eigenvalue weighted by Crippen LogP contribution is -2.13. The summed E-state index contributed by atoms with van der Waals surface area (Å²) in [6.07, 6.45) is 0. The highest BCUT2D eigenvalue weighted by molar-refractivity contribution is 9.11. The minimum Gasteiger partial charge on any atom is -0.319 e. The first-order valence-corrected chi connectivity index (χ1v) is 7.66. The smallest absolute Gasteiger partial charge is 0.255 e. The number of nitrogens with one attached hydrogen (secondary N) is 1. The van der Waals surface area contributed by atoms with Crippen molar-refractivity contribution < 1.29 is 13.6 Å². The van der Waals surface area contributed by atoms with E-state index in [1.54, 1.807) is 18.2 Å². The highest BCUT2D eigenvalue weighted by Gasteiger charge is 2.14. The van der Waals surface area contributed by atoms with Crippen LogP contribution in [0.15, 0.2) is 43.7 Å². The van der Waals surface area contributed by atoms with E-state index < -0.39 is 17.5 Å². The molecule has 1 amide bonds. The Labute approximate surface area is 138 Å². The van der Waals surface area contributed by atoms with Gasteiger partial charge in [0.1, 0.15) is 5.82 Å². The molecule has 2 nitrogen and oxygen atoms in total. The summed E-state index contributed by atoms with van der Waals surface area (Å²) in [4.78, 5) is 12.1. The van der Waals surface area contributed by atoms with Crippen molar-refractivity contribution in [3.05, 3.63) is 60.9 Å². The van der Waals surface area contributed by atoms with Crippen molar-refractivity contribution >= 4 is 59.4 Å².